The third-order valence-electron chi connectivity index (χ3n) is 4.32. The van der Waals surface area contributed by atoms with Crippen LogP contribution in [-0.2, 0) is 11.2 Å². The zero-order valence-electron chi connectivity index (χ0n) is 14.5. The molecule has 1 unspecified atom stereocenters. The molecule has 0 spiro atoms. The van der Waals surface area contributed by atoms with Crippen LogP contribution in [0.4, 0.5) is 5.69 Å². The molecular weight excluding hydrogens is 366 g/mol. The van der Waals surface area contributed by atoms with Crippen LogP contribution in [0.2, 0.25) is 5.02 Å². The number of fused-ring (bicyclic) bond motifs is 1. The van der Waals surface area contributed by atoms with Crippen molar-refractivity contribution in [2.75, 3.05) is 12.4 Å². The van der Waals surface area contributed by atoms with Crippen molar-refractivity contribution in [1.82, 2.24) is 9.97 Å². The molecule has 1 aliphatic rings. The van der Waals surface area contributed by atoms with E-state index in [-0.39, 0.29) is 5.91 Å². The minimum absolute atomic E-state index is 0.248. The number of halogens is 1. The molecule has 0 saturated heterocycles. The lowest BCUT2D eigenvalue weighted by atomic mass is 9.99. The number of pyridine rings is 2. The maximum atomic E-state index is 12.6. The van der Waals surface area contributed by atoms with Crippen molar-refractivity contribution in [3.05, 3.63) is 65.4 Å². The Hall–Kier alpha value is -3.12. The van der Waals surface area contributed by atoms with Crippen LogP contribution in [0, 0.1) is 0 Å². The third kappa shape index (κ3) is 3.57. The van der Waals surface area contributed by atoms with Gasteiger partial charge in [0.05, 0.1) is 19.0 Å². The van der Waals surface area contributed by atoms with Crippen LogP contribution in [0.3, 0.4) is 0 Å². The number of methoxy groups -OCH3 is 1. The predicted octanol–water partition coefficient (Wildman–Crippen LogP) is 3.75. The van der Waals surface area contributed by atoms with Crippen molar-refractivity contribution in [2.24, 2.45) is 0 Å². The number of carbonyl (C=O) groups is 1. The molecule has 4 rings (SSSR count). The number of ether oxygens (including phenoxy) is 2. The van der Waals surface area contributed by atoms with Gasteiger partial charge in [-0.2, -0.15) is 0 Å². The summed E-state index contributed by atoms with van der Waals surface area (Å²) in [6.07, 6.45) is 3.01. The number of hydrogen-bond acceptors (Lipinski definition) is 5. The van der Waals surface area contributed by atoms with Gasteiger partial charge in [-0.25, -0.2) is 9.97 Å². The van der Waals surface area contributed by atoms with Crippen molar-refractivity contribution in [2.45, 2.75) is 12.5 Å². The molecule has 0 aliphatic carbocycles. The van der Waals surface area contributed by atoms with Gasteiger partial charge in [-0.3, -0.25) is 4.79 Å². The summed E-state index contributed by atoms with van der Waals surface area (Å²) in [4.78, 5) is 20.9. The van der Waals surface area contributed by atoms with Crippen LogP contribution in [-0.4, -0.2) is 29.1 Å². The summed E-state index contributed by atoms with van der Waals surface area (Å²) in [6.45, 7) is 0. The molecule has 1 aliphatic heterocycles. The second-order valence-electron chi connectivity index (χ2n) is 6.04. The Morgan fingerprint density at radius 3 is 2.70 bits per heavy atom. The highest BCUT2D eigenvalue weighted by molar-refractivity contribution is 6.30. The fourth-order valence-corrected chi connectivity index (χ4v) is 3.10. The van der Waals surface area contributed by atoms with E-state index in [0.717, 1.165) is 16.7 Å². The molecule has 0 fully saturated rings. The van der Waals surface area contributed by atoms with Crippen molar-refractivity contribution < 1.29 is 14.3 Å². The highest BCUT2D eigenvalue weighted by Gasteiger charge is 2.32. The molecule has 3 heterocycles. The van der Waals surface area contributed by atoms with Crippen LogP contribution >= 0.6 is 11.6 Å². The number of nitrogens with zero attached hydrogens (tertiary/aromatic N) is 2. The van der Waals surface area contributed by atoms with Crippen LogP contribution in [0.15, 0.2) is 54.9 Å². The monoisotopic (exact) mass is 381 g/mol. The normalized spacial score (nSPS) is 15.0. The van der Waals surface area contributed by atoms with Gasteiger partial charge >= 0.3 is 0 Å². The molecule has 27 heavy (non-hydrogen) atoms. The van der Waals surface area contributed by atoms with E-state index in [1.54, 1.807) is 18.3 Å². The Morgan fingerprint density at radius 1 is 1.19 bits per heavy atom. The van der Waals surface area contributed by atoms with Crippen LogP contribution in [0.1, 0.15) is 5.56 Å². The largest absolute Gasteiger partial charge is 0.481 e. The third-order valence-corrected chi connectivity index (χ3v) is 4.57. The number of anilines is 1. The molecule has 7 heteroatoms. The minimum atomic E-state index is -0.650. The van der Waals surface area contributed by atoms with E-state index in [9.17, 15) is 4.79 Å². The molecule has 136 valence electrons. The fraction of sp³-hybridized carbons (Fsp3) is 0.150. The number of hydrogen-bond donors (Lipinski definition) is 1. The molecule has 1 atom stereocenters. The second kappa shape index (κ2) is 7.25. The van der Waals surface area contributed by atoms with Gasteiger partial charge in [0.1, 0.15) is 0 Å². The summed E-state index contributed by atoms with van der Waals surface area (Å²) in [5, 5.41) is 3.48. The zero-order valence-corrected chi connectivity index (χ0v) is 15.2. The zero-order chi connectivity index (χ0) is 18.8. The van der Waals surface area contributed by atoms with Gasteiger partial charge in [0.2, 0.25) is 11.8 Å². The van der Waals surface area contributed by atoms with E-state index >= 15 is 0 Å². The number of aromatic nitrogens is 2. The van der Waals surface area contributed by atoms with E-state index < -0.39 is 6.10 Å². The van der Waals surface area contributed by atoms with Gasteiger partial charge in [0, 0.05) is 29.3 Å². The lowest BCUT2D eigenvalue weighted by molar-refractivity contribution is -0.122. The first-order chi connectivity index (χ1) is 13.1. The average Bonchev–Trinajstić information content (AvgIpc) is 3.14. The molecule has 0 radical (unpaired) electrons. The lowest BCUT2D eigenvalue weighted by Gasteiger charge is -2.10. The van der Waals surface area contributed by atoms with Gasteiger partial charge < -0.3 is 14.8 Å². The Kier molecular flexibility index (Phi) is 4.64. The summed E-state index contributed by atoms with van der Waals surface area (Å²) >= 11 is 5.97. The van der Waals surface area contributed by atoms with E-state index in [1.165, 1.54) is 13.3 Å². The lowest BCUT2D eigenvalue weighted by Crippen LogP contribution is -2.31. The van der Waals surface area contributed by atoms with Crippen molar-refractivity contribution in [3.8, 4) is 22.9 Å². The SMILES string of the molecule is COc1ccc(NC(=O)C2Cc3c(-c4ccc(Cl)cc4)ccnc3O2)cn1. The Labute approximate surface area is 161 Å². The highest BCUT2D eigenvalue weighted by atomic mass is 35.5. The molecule has 0 saturated carbocycles. The number of benzene rings is 1. The van der Waals surface area contributed by atoms with Crippen molar-refractivity contribution in [3.63, 3.8) is 0 Å². The number of rotatable bonds is 4. The first kappa shape index (κ1) is 17.3. The summed E-state index contributed by atoms with van der Waals surface area (Å²) < 4.78 is 10.8. The molecule has 2 aromatic heterocycles. The molecule has 0 bridgehead atoms. The van der Waals surface area contributed by atoms with Crippen LogP contribution < -0.4 is 14.8 Å². The smallest absolute Gasteiger partial charge is 0.265 e. The molecule has 1 amide bonds. The maximum Gasteiger partial charge on any atom is 0.265 e. The number of carbonyl (C=O) groups excluding carboxylic acids is 1. The summed E-state index contributed by atoms with van der Waals surface area (Å²) in [5.74, 6) is 0.715. The van der Waals surface area contributed by atoms with E-state index in [0.29, 0.717) is 28.9 Å². The molecule has 1 N–H and O–H groups in total. The van der Waals surface area contributed by atoms with Gasteiger partial charge in [-0.1, -0.05) is 23.7 Å². The van der Waals surface area contributed by atoms with Crippen molar-refractivity contribution in [1.29, 1.82) is 0 Å². The minimum Gasteiger partial charge on any atom is -0.481 e. The Bertz CT molecular complexity index is 975. The van der Waals surface area contributed by atoms with E-state index in [4.69, 9.17) is 21.1 Å². The average molecular weight is 382 g/mol. The Balaban J connectivity index is 1.52. The molecule has 1 aromatic carbocycles. The highest BCUT2D eigenvalue weighted by Crippen LogP contribution is 2.35. The van der Waals surface area contributed by atoms with E-state index in [1.807, 2.05) is 30.3 Å². The standard InChI is InChI=1S/C20H16ClN3O3/c1-26-18-7-6-14(11-23-18)24-19(25)17-10-16-15(8-9-22-20(16)27-17)12-2-4-13(21)5-3-12/h2-9,11,17H,10H2,1H3,(H,24,25). The van der Waals surface area contributed by atoms with Crippen LogP contribution in [0.5, 0.6) is 11.8 Å². The first-order valence-electron chi connectivity index (χ1n) is 8.35. The molecular formula is C20H16ClN3O3. The van der Waals surface area contributed by atoms with Gasteiger partial charge in [-0.15, -0.1) is 0 Å². The van der Waals surface area contributed by atoms with Crippen LogP contribution in [0.25, 0.3) is 11.1 Å². The number of nitrogens with one attached hydrogen (secondary N) is 1. The maximum absolute atomic E-state index is 12.6. The van der Waals surface area contributed by atoms with E-state index in [2.05, 4.69) is 15.3 Å². The van der Waals surface area contributed by atoms with Gasteiger partial charge in [0.15, 0.2) is 6.10 Å². The Morgan fingerprint density at radius 2 is 2.00 bits per heavy atom. The summed E-state index contributed by atoms with van der Waals surface area (Å²) in [6, 6.07) is 12.9. The topological polar surface area (TPSA) is 73.3 Å². The molecule has 6 nitrogen and oxygen atoms in total. The first-order valence-corrected chi connectivity index (χ1v) is 8.73. The van der Waals surface area contributed by atoms with Gasteiger partial charge in [0.25, 0.3) is 5.91 Å². The summed E-state index contributed by atoms with van der Waals surface area (Å²) in [7, 11) is 1.54. The summed E-state index contributed by atoms with van der Waals surface area (Å²) in [5.41, 5.74) is 3.47. The quantitative estimate of drug-likeness (QED) is 0.745. The predicted molar refractivity (Wildman–Crippen MR) is 102 cm³/mol. The molecule has 3 aromatic rings. The second-order valence-corrected chi connectivity index (χ2v) is 6.47. The van der Waals surface area contributed by atoms with Gasteiger partial charge in [-0.05, 0) is 35.4 Å². The van der Waals surface area contributed by atoms with Crippen molar-refractivity contribution >= 4 is 23.2 Å². The number of amides is 1. The fourth-order valence-electron chi connectivity index (χ4n) is 2.98.